The molecule has 0 spiro atoms. The minimum absolute atomic E-state index is 0.0834. The molecule has 1 atom stereocenters. The van der Waals surface area contributed by atoms with Crippen molar-refractivity contribution in [2.75, 3.05) is 12.3 Å². The highest BCUT2D eigenvalue weighted by Crippen LogP contribution is 2.25. The first-order valence-corrected chi connectivity index (χ1v) is 12.7. The minimum Gasteiger partial charge on any atom is -0.354 e. The Labute approximate surface area is 210 Å². The lowest BCUT2D eigenvalue weighted by Crippen LogP contribution is -2.48. The van der Waals surface area contributed by atoms with Crippen LogP contribution in [0.1, 0.15) is 39.2 Å². The number of carbonyl (C=O) groups is 2. The lowest BCUT2D eigenvalue weighted by Gasteiger charge is -2.29. The Hall–Kier alpha value is -1.40. The third-order valence-electron chi connectivity index (χ3n) is 4.82. The van der Waals surface area contributed by atoms with Gasteiger partial charge in [-0.2, -0.15) is 0 Å². The fourth-order valence-corrected chi connectivity index (χ4v) is 4.40. The molecule has 4 nitrogen and oxygen atoms in total. The van der Waals surface area contributed by atoms with Gasteiger partial charge in [0, 0.05) is 39.5 Å². The number of amides is 2. The van der Waals surface area contributed by atoms with Crippen molar-refractivity contribution in [2.24, 2.45) is 5.92 Å². The summed E-state index contributed by atoms with van der Waals surface area (Å²) in [6.45, 7) is 6.61. The molecule has 32 heavy (non-hydrogen) atoms. The number of carbonyl (C=O) groups excluding carboxylic acids is 2. The smallest absolute Gasteiger partial charge is 0.242 e. The van der Waals surface area contributed by atoms with Gasteiger partial charge in [0.05, 0.1) is 0 Å². The molecule has 174 valence electrons. The fraction of sp³-hybridized carbons (Fsp3) is 0.417. The number of thioether (sulfide) groups is 1. The van der Waals surface area contributed by atoms with E-state index in [4.69, 9.17) is 34.8 Å². The van der Waals surface area contributed by atoms with Gasteiger partial charge in [0.15, 0.2) is 0 Å². The number of hydrogen-bond donors (Lipinski definition) is 1. The number of benzene rings is 2. The highest BCUT2D eigenvalue weighted by Gasteiger charge is 2.26. The van der Waals surface area contributed by atoms with Gasteiger partial charge in [-0.25, -0.2) is 0 Å². The second-order valence-electron chi connectivity index (χ2n) is 7.98. The third-order valence-corrected chi connectivity index (χ3v) is 6.76. The van der Waals surface area contributed by atoms with Crippen LogP contribution < -0.4 is 5.32 Å². The number of nitrogens with one attached hydrogen (secondary N) is 1. The summed E-state index contributed by atoms with van der Waals surface area (Å²) in [5.74, 6) is 0.857. The Morgan fingerprint density at radius 2 is 1.66 bits per heavy atom. The van der Waals surface area contributed by atoms with E-state index in [1.807, 2.05) is 38.1 Å². The molecule has 1 N–H and O–H groups in total. The molecule has 0 fully saturated rings. The zero-order chi connectivity index (χ0) is 23.7. The van der Waals surface area contributed by atoms with E-state index in [1.54, 1.807) is 41.8 Å². The van der Waals surface area contributed by atoms with Crippen LogP contribution in [0.5, 0.6) is 0 Å². The summed E-state index contributed by atoms with van der Waals surface area (Å²) >= 11 is 19.9. The van der Waals surface area contributed by atoms with E-state index in [0.717, 1.165) is 16.2 Å². The van der Waals surface area contributed by atoms with Crippen LogP contribution in [0.25, 0.3) is 0 Å². The van der Waals surface area contributed by atoms with Crippen molar-refractivity contribution in [1.29, 1.82) is 0 Å². The highest BCUT2D eigenvalue weighted by molar-refractivity contribution is 7.99. The molecule has 0 aromatic heterocycles. The van der Waals surface area contributed by atoms with Gasteiger partial charge in [-0.05, 0) is 67.0 Å². The van der Waals surface area contributed by atoms with Gasteiger partial charge in [0.2, 0.25) is 11.8 Å². The summed E-state index contributed by atoms with van der Waals surface area (Å²) in [7, 11) is 0. The number of nitrogens with zero attached hydrogens (tertiary/aromatic N) is 1. The Morgan fingerprint density at radius 1 is 1.00 bits per heavy atom. The van der Waals surface area contributed by atoms with Crippen molar-refractivity contribution in [3.8, 4) is 0 Å². The molecule has 2 rings (SSSR count). The predicted molar refractivity (Wildman–Crippen MR) is 136 cm³/mol. The quantitative estimate of drug-likeness (QED) is 0.267. The molecule has 2 aromatic rings. The van der Waals surface area contributed by atoms with E-state index < -0.39 is 6.04 Å². The van der Waals surface area contributed by atoms with Gasteiger partial charge in [0.25, 0.3) is 0 Å². The Morgan fingerprint density at radius 3 is 2.28 bits per heavy atom. The average Bonchev–Trinajstić information content (AvgIpc) is 2.75. The van der Waals surface area contributed by atoms with Gasteiger partial charge in [-0.1, -0.05) is 54.7 Å². The largest absolute Gasteiger partial charge is 0.354 e. The molecule has 2 aromatic carbocycles. The average molecular weight is 516 g/mol. The van der Waals surface area contributed by atoms with Crippen LogP contribution in [-0.2, 0) is 16.1 Å². The zero-order valence-electron chi connectivity index (χ0n) is 18.5. The van der Waals surface area contributed by atoms with Crippen molar-refractivity contribution in [2.45, 2.75) is 51.1 Å². The summed E-state index contributed by atoms with van der Waals surface area (Å²) in [6.07, 6.45) is 1.03. The van der Waals surface area contributed by atoms with Crippen LogP contribution in [0.15, 0.2) is 47.4 Å². The molecule has 0 aliphatic carbocycles. The van der Waals surface area contributed by atoms with Crippen molar-refractivity contribution < 1.29 is 9.59 Å². The first-order chi connectivity index (χ1) is 15.2. The van der Waals surface area contributed by atoms with Crippen molar-refractivity contribution in [3.05, 3.63) is 63.1 Å². The van der Waals surface area contributed by atoms with E-state index in [0.29, 0.717) is 40.4 Å². The van der Waals surface area contributed by atoms with Crippen LogP contribution in [-0.4, -0.2) is 35.1 Å². The SMILES string of the molecule is CC(C)CNC(=O)[C@@H](C)N(Cc1ccc(Cl)cc1Cl)C(=O)CCCSc1ccc(Cl)cc1. The summed E-state index contributed by atoms with van der Waals surface area (Å²) in [5.41, 5.74) is 0.753. The van der Waals surface area contributed by atoms with E-state index in [9.17, 15) is 9.59 Å². The molecule has 0 unspecified atom stereocenters. The summed E-state index contributed by atoms with van der Waals surface area (Å²) in [4.78, 5) is 28.5. The molecule has 0 radical (unpaired) electrons. The predicted octanol–water partition coefficient (Wildman–Crippen LogP) is 6.71. The van der Waals surface area contributed by atoms with E-state index in [1.165, 1.54) is 0 Å². The third kappa shape index (κ3) is 8.86. The Balaban J connectivity index is 2.03. The highest BCUT2D eigenvalue weighted by atomic mass is 35.5. The summed E-state index contributed by atoms with van der Waals surface area (Å²) in [5, 5.41) is 4.62. The molecular weight excluding hydrogens is 487 g/mol. The van der Waals surface area contributed by atoms with Gasteiger partial charge >= 0.3 is 0 Å². The molecule has 0 heterocycles. The lowest BCUT2D eigenvalue weighted by atomic mass is 10.1. The molecule has 0 saturated heterocycles. The molecule has 0 saturated carbocycles. The summed E-state index contributed by atoms with van der Waals surface area (Å²) in [6, 6.07) is 12.2. The maximum absolute atomic E-state index is 13.1. The van der Waals surface area contributed by atoms with Crippen LogP contribution in [0.4, 0.5) is 0 Å². The van der Waals surface area contributed by atoms with E-state index >= 15 is 0 Å². The molecular formula is C24H29Cl3N2O2S. The number of rotatable bonds is 11. The van der Waals surface area contributed by atoms with E-state index in [-0.39, 0.29) is 18.4 Å². The van der Waals surface area contributed by atoms with Crippen LogP contribution in [0.3, 0.4) is 0 Å². The maximum atomic E-state index is 13.1. The molecule has 8 heteroatoms. The first-order valence-electron chi connectivity index (χ1n) is 10.6. The Bertz CT molecular complexity index is 907. The molecule has 0 aliphatic rings. The zero-order valence-corrected chi connectivity index (χ0v) is 21.6. The van der Waals surface area contributed by atoms with Crippen molar-refractivity contribution >= 4 is 58.4 Å². The van der Waals surface area contributed by atoms with Crippen LogP contribution in [0, 0.1) is 5.92 Å². The fourth-order valence-electron chi connectivity index (χ4n) is 2.96. The first kappa shape index (κ1) is 26.8. The topological polar surface area (TPSA) is 49.4 Å². The molecule has 2 amide bonds. The van der Waals surface area contributed by atoms with Crippen LogP contribution >= 0.6 is 46.6 Å². The number of hydrogen-bond acceptors (Lipinski definition) is 3. The molecule has 0 bridgehead atoms. The second-order valence-corrected chi connectivity index (χ2v) is 10.4. The van der Waals surface area contributed by atoms with Crippen molar-refractivity contribution in [3.63, 3.8) is 0 Å². The monoisotopic (exact) mass is 514 g/mol. The van der Waals surface area contributed by atoms with Crippen LogP contribution in [0.2, 0.25) is 15.1 Å². The van der Waals surface area contributed by atoms with E-state index in [2.05, 4.69) is 5.32 Å². The Kier molecular flexibility index (Phi) is 11.2. The lowest BCUT2D eigenvalue weighted by molar-refractivity contribution is -0.140. The van der Waals surface area contributed by atoms with Crippen molar-refractivity contribution in [1.82, 2.24) is 10.2 Å². The number of halogens is 3. The maximum Gasteiger partial charge on any atom is 0.242 e. The minimum atomic E-state index is -0.614. The standard InChI is InChI=1S/C24H29Cl3N2O2S/c1-16(2)14-28-24(31)17(3)29(15-18-6-7-20(26)13-22(18)27)23(30)5-4-12-32-21-10-8-19(25)9-11-21/h6-11,13,16-17H,4-5,12,14-15H2,1-3H3,(H,28,31)/t17-/m1/s1. The van der Waals surface area contributed by atoms with Gasteiger partial charge in [-0.15, -0.1) is 11.8 Å². The van der Waals surface area contributed by atoms with Gasteiger partial charge in [0.1, 0.15) is 6.04 Å². The van der Waals surface area contributed by atoms with Gasteiger partial charge < -0.3 is 10.2 Å². The second kappa shape index (κ2) is 13.3. The molecule has 0 aliphatic heterocycles. The van der Waals surface area contributed by atoms with Gasteiger partial charge in [-0.3, -0.25) is 9.59 Å². The normalized spacial score (nSPS) is 12.0. The summed E-state index contributed by atoms with van der Waals surface area (Å²) < 4.78 is 0.